The van der Waals surface area contributed by atoms with Gasteiger partial charge in [-0.2, -0.15) is 0 Å². The first-order valence-corrected chi connectivity index (χ1v) is 26.2. The number of esters is 3. The predicted octanol–water partition coefficient (Wildman–Crippen LogP) is 2.28. The molecule has 1 N–H and O–H groups in total. The Balaban J connectivity index is -0.000000216. The number of rotatable bonds is 5. The van der Waals surface area contributed by atoms with Crippen molar-refractivity contribution in [3.8, 4) is 35.8 Å². The zero-order chi connectivity index (χ0) is 45.6. The molecule has 4 aromatic rings. The van der Waals surface area contributed by atoms with Crippen LogP contribution in [-0.4, -0.2) is 72.9 Å². The molecule has 0 aliphatic heterocycles. The van der Waals surface area contributed by atoms with Crippen LogP contribution in [0, 0.1) is 42.9 Å². The molecule has 4 aromatic carbocycles. The Labute approximate surface area is 475 Å². The van der Waals surface area contributed by atoms with Crippen LogP contribution in [0.2, 0.25) is 39.3 Å². The van der Waals surface area contributed by atoms with E-state index in [-0.39, 0.29) is 129 Å². The van der Waals surface area contributed by atoms with E-state index in [0.717, 1.165) is 18.3 Å². The van der Waals surface area contributed by atoms with Crippen LogP contribution < -0.4 is 108 Å². The maximum Gasteiger partial charge on any atom is 1.00 e. The molecule has 0 spiro atoms. The minimum atomic E-state index is -1.34. The maximum atomic E-state index is 11.2. The maximum absolute atomic E-state index is 11.2. The number of halogens is 2. The molecule has 0 aliphatic rings. The molecule has 0 heterocycles. The molecule has 0 aliphatic carbocycles. The molecule has 0 unspecified atom stereocenters. The molecule has 0 aromatic heterocycles. The van der Waals surface area contributed by atoms with E-state index in [1.165, 1.54) is 21.3 Å². The third kappa shape index (κ3) is 35.1. The molecule has 0 bridgehead atoms. The van der Waals surface area contributed by atoms with E-state index in [4.69, 9.17) is 28.0 Å². The number of terminal acetylenes is 2. The number of hydrogen-bond acceptors (Lipinski definition) is 10. The molecule has 0 atom stereocenters. The summed E-state index contributed by atoms with van der Waals surface area (Å²) in [5.41, 5.74) is 9.70. The second-order valence-corrected chi connectivity index (χ2v) is 25.2. The topological polar surface area (TPSA) is 166 Å². The van der Waals surface area contributed by atoms with Crippen molar-refractivity contribution >= 4 is 91.7 Å². The first-order valence-electron chi connectivity index (χ1n) is 17.0. The number of carboxylic acid groups (broad SMARTS) is 1. The van der Waals surface area contributed by atoms with Crippen molar-refractivity contribution in [1.82, 2.24) is 0 Å². The Morgan fingerprint density at radius 3 is 1.11 bits per heavy atom. The zero-order valence-corrected chi connectivity index (χ0v) is 48.8. The smallest absolute Gasteiger partial charge is 1.00 e. The number of carbonyl (C=O) groups excluding carboxylic acids is 4. The number of methoxy groups -OCH3 is 3. The minimum absolute atomic E-state index is 0. The first kappa shape index (κ1) is 65.6. The summed E-state index contributed by atoms with van der Waals surface area (Å²) in [5, 5.41) is 16.9. The van der Waals surface area contributed by atoms with Gasteiger partial charge in [0.1, 0.15) is 16.1 Å². The van der Waals surface area contributed by atoms with Gasteiger partial charge in [0, 0.05) is 18.3 Å². The van der Waals surface area contributed by atoms with Crippen molar-refractivity contribution in [3.05, 3.63) is 138 Å². The summed E-state index contributed by atoms with van der Waals surface area (Å²) >= 11 is 4.31. The van der Waals surface area contributed by atoms with Gasteiger partial charge >= 0.3 is 127 Å². The van der Waals surface area contributed by atoms with Crippen LogP contribution in [0.5, 0.6) is 0 Å². The number of aromatic carboxylic acids is 1. The summed E-state index contributed by atoms with van der Waals surface area (Å²) in [5.74, 6) is 3.76. The number of carboxylic acids is 1. The molecule has 0 saturated heterocycles. The summed E-state index contributed by atoms with van der Waals surface area (Å²) in [6.45, 7) is 12.8. The number of carbonyl (C=O) groups is 5. The first-order chi connectivity index (χ1) is 27.6. The van der Waals surface area contributed by atoms with Crippen LogP contribution in [-0.2, 0) is 23.9 Å². The largest absolute Gasteiger partial charge is 1.00 e. The summed E-state index contributed by atoms with van der Waals surface area (Å²) in [6, 6.07) is 27.8. The zero-order valence-electron chi connectivity index (χ0n) is 37.3. The van der Waals surface area contributed by atoms with Crippen molar-refractivity contribution in [2.45, 2.75) is 39.3 Å². The standard InChI is InChI=1S/C13H16O2Si.C10H8O2.C8H7IO2.C7H5IO2.C5H10Si.CH2O3.2K.H/c1-15-13(14)12-7-5-11(6-8-12)9-10-16(2,3)4;1-3-8-4-6-9(7-5-8)10(11)12-2;1-11-8(10)6-2-4-7(9)5-3-6;8-6-3-1-5(2-4-6)7(9)10;1-5-6(2,3)4;2-1-4-3;;;/h5-8H,1-4H3;1,4-7H,2H3;2-5H,1H3;1-4H,(H,9,10);1H,2-4H3;1,3H;;;/q;;;;;;2*+1;-1/p-1. The molecule has 4 rings (SSSR count). The van der Waals surface area contributed by atoms with E-state index in [1.54, 1.807) is 72.8 Å². The van der Waals surface area contributed by atoms with Gasteiger partial charge in [-0.1, -0.05) is 51.1 Å². The van der Waals surface area contributed by atoms with Gasteiger partial charge in [0.25, 0.3) is 6.47 Å². The molecule has 11 nitrogen and oxygen atoms in total. The quantitative estimate of drug-likeness (QED) is 0.0456. The monoisotopic (exact) mass is 1140 g/mol. The summed E-state index contributed by atoms with van der Waals surface area (Å²) in [7, 11) is 1.66. The van der Waals surface area contributed by atoms with Gasteiger partial charge < -0.3 is 30.9 Å². The molecule has 314 valence electrons. The number of ether oxygens (including phenoxy) is 3. The van der Waals surface area contributed by atoms with Crippen molar-refractivity contribution in [1.29, 1.82) is 0 Å². The molecule has 0 amide bonds. The van der Waals surface area contributed by atoms with E-state index in [0.29, 0.717) is 22.3 Å². The second-order valence-electron chi connectivity index (χ2n) is 13.2. The van der Waals surface area contributed by atoms with Crippen LogP contribution in [0.1, 0.15) is 54.0 Å². The van der Waals surface area contributed by atoms with Crippen molar-refractivity contribution in [2.75, 3.05) is 21.3 Å². The fraction of sp³-hybridized carbons (Fsp3) is 0.205. The van der Waals surface area contributed by atoms with E-state index >= 15 is 0 Å². The van der Waals surface area contributed by atoms with Crippen LogP contribution in [0.15, 0.2) is 97.1 Å². The van der Waals surface area contributed by atoms with Crippen LogP contribution >= 0.6 is 45.2 Å². The normalized spacial score (nSPS) is 8.95. The fourth-order valence-corrected chi connectivity index (χ4v) is 4.42. The van der Waals surface area contributed by atoms with Gasteiger partial charge in [0.2, 0.25) is 0 Å². The third-order valence-corrected chi connectivity index (χ3v) is 9.37. The van der Waals surface area contributed by atoms with Gasteiger partial charge in [-0.15, -0.1) is 23.9 Å². The van der Waals surface area contributed by atoms with Gasteiger partial charge in [-0.3, -0.25) is 4.79 Å². The van der Waals surface area contributed by atoms with E-state index < -0.39 is 22.1 Å². The Bertz CT molecular complexity index is 2070. The Morgan fingerprint density at radius 1 is 0.607 bits per heavy atom. The van der Waals surface area contributed by atoms with Gasteiger partial charge in [0.15, 0.2) is 0 Å². The number of hydrogen-bond donors (Lipinski definition) is 1. The molecule has 17 heteroatoms. The van der Waals surface area contributed by atoms with E-state index in [1.807, 2.05) is 24.3 Å². The molecular formula is C44H48I2K2O11Si2. The van der Waals surface area contributed by atoms with Crippen molar-refractivity contribution in [3.63, 3.8) is 0 Å². The summed E-state index contributed by atoms with van der Waals surface area (Å²) < 4.78 is 15.8. The average Bonchev–Trinajstić information content (AvgIpc) is 3.23. The van der Waals surface area contributed by atoms with E-state index in [9.17, 15) is 19.2 Å². The Morgan fingerprint density at radius 2 is 0.885 bits per heavy atom. The van der Waals surface area contributed by atoms with Gasteiger partial charge in [0.05, 0.1) is 43.6 Å². The van der Waals surface area contributed by atoms with Gasteiger partial charge in [-0.05, 0) is 142 Å². The summed E-state index contributed by atoms with van der Waals surface area (Å²) in [6.07, 6.45) is 10.3. The summed E-state index contributed by atoms with van der Waals surface area (Å²) in [4.78, 5) is 54.6. The minimum Gasteiger partial charge on any atom is -1.00 e. The molecule has 0 fully saturated rings. The van der Waals surface area contributed by atoms with E-state index in [2.05, 4.69) is 126 Å². The van der Waals surface area contributed by atoms with Crippen molar-refractivity contribution < 1.29 is 158 Å². The second kappa shape index (κ2) is 37.4. The Hall–Kier alpha value is -1.96. The molecule has 0 saturated carbocycles. The van der Waals surface area contributed by atoms with Crippen LogP contribution in [0.3, 0.4) is 0 Å². The third-order valence-electron chi connectivity index (χ3n) is 6.19. The number of benzene rings is 4. The molecule has 0 radical (unpaired) electrons. The predicted molar refractivity (Wildman–Crippen MR) is 251 cm³/mol. The Kier molecular flexibility index (Phi) is 40.3. The van der Waals surface area contributed by atoms with Crippen LogP contribution in [0.4, 0.5) is 0 Å². The molecular weight excluding hydrogens is 1090 g/mol. The molecule has 61 heavy (non-hydrogen) atoms. The van der Waals surface area contributed by atoms with Crippen LogP contribution in [0.25, 0.3) is 0 Å². The SMILES string of the molecule is C#C[Si](C)(C)C.C#Cc1ccc(C(=O)OC)cc1.COC(=O)c1ccc(C#C[Si](C)(C)C)cc1.COC(=O)c1ccc(I)cc1.O=C(O)c1ccc(I)cc1.O=CO[O-].[H-].[K+].[K+]. The van der Waals surface area contributed by atoms with Gasteiger partial charge in [-0.25, -0.2) is 19.2 Å². The van der Waals surface area contributed by atoms with Crippen molar-refractivity contribution in [2.24, 2.45) is 0 Å². The fourth-order valence-electron chi connectivity index (χ4n) is 3.18. The average molecular weight is 1140 g/mol.